The number of hydrogen-bond donors (Lipinski definition) is 3. The van der Waals surface area contributed by atoms with Gasteiger partial charge in [-0.25, -0.2) is 14.4 Å². The maximum Gasteiger partial charge on any atom is 0.345 e. The lowest BCUT2D eigenvalue weighted by Crippen LogP contribution is -2.70. The maximum atomic E-state index is 13.7. The molecule has 440 valence electrons. The minimum absolute atomic E-state index is 0.0148. The molecule has 83 heavy (non-hydrogen) atoms. The van der Waals surface area contributed by atoms with Gasteiger partial charge < -0.3 is 47.8 Å². The standard InChI is InChI=1S/C35H38N4O8.C28H35NO7/c1-19-12-13-33(3)26(34(19,4)18-44-20(2)40)16-27(46-31(42)21-8-10-23(11-9-21)38-39-36)35(5)30(33)29(41)28-25(47-35)15-24(45-32(28)43)22-7-6-14-37-17-22;1-15-8-9-26(3)20(27(15,4)14-34-16(2)30)12-21(31)28(5)24(26)23(32)22-19(36-28)11-18(35-25(22)33)17-7-6-10-29-13-17/h6-11,14-15,17,19,26-27,29-30,41H,12-13,16,18H2,1-5H3;6-7,10-11,13,15,20-21,23-24,31-32H,8-9,12,14H2,1-5H3/t19-,26?,27-,29-,30?,33-,34?,35+;15-,20?,21-,23-,24?,26-,27?,28+/m00/s1. The van der Waals surface area contributed by atoms with Crippen molar-refractivity contribution in [2.75, 3.05) is 13.2 Å². The lowest BCUT2D eigenvalue weighted by atomic mass is 9.41. The molecule has 0 radical (unpaired) electrons. The fourth-order valence-electron chi connectivity index (χ4n) is 16.2. The topological polar surface area (TPSA) is 293 Å². The molecule has 20 heteroatoms. The molecule has 3 N–H and O–H groups in total. The molecular formula is C63H73N5O15. The third-order valence-corrected chi connectivity index (χ3v) is 20.9. The fourth-order valence-corrected chi connectivity index (χ4v) is 16.2. The number of nitrogens with zero attached hydrogens (tertiary/aromatic N) is 5. The Morgan fingerprint density at radius 1 is 0.687 bits per heavy atom. The van der Waals surface area contributed by atoms with Gasteiger partial charge in [0.05, 0.1) is 37.1 Å². The van der Waals surface area contributed by atoms with Gasteiger partial charge in [-0.05, 0) is 129 Å². The Morgan fingerprint density at radius 3 is 1.59 bits per heavy atom. The van der Waals surface area contributed by atoms with Crippen LogP contribution in [0.2, 0.25) is 0 Å². The first-order valence-corrected chi connectivity index (χ1v) is 28.5. The van der Waals surface area contributed by atoms with Crippen molar-refractivity contribution in [1.82, 2.24) is 9.97 Å². The number of azide groups is 1. The highest BCUT2D eigenvalue weighted by Gasteiger charge is 2.71. The summed E-state index contributed by atoms with van der Waals surface area (Å²) in [6.07, 6.45) is 6.02. The van der Waals surface area contributed by atoms with E-state index >= 15 is 0 Å². The predicted octanol–water partition coefficient (Wildman–Crippen LogP) is 10.6. The number of carbonyl (C=O) groups excluding carboxylic acids is 3. The number of esters is 3. The van der Waals surface area contributed by atoms with Crippen LogP contribution in [0.15, 0.2) is 109 Å². The summed E-state index contributed by atoms with van der Waals surface area (Å²) < 4.78 is 42.0. The van der Waals surface area contributed by atoms with Crippen molar-refractivity contribution < 1.29 is 62.2 Å². The molecule has 1 aromatic carbocycles. The highest BCUT2D eigenvalue weighted by atomic mass is 16.6. The van der Waals surface area contributed by atoms with Gasteiger partial charge in [-0.1, -0.05) is 58.8 Å². The normalized spacial score (nSPS) is 35.3. The molecule has 0 saturated heterocycles. The molecule has 0 spiro atoms. The Kier molecular flexibility index (Phi) is 15.4. The van der Waals surface area contributed by atoms with Crippen molar-refractivity contribution in [2.24, 2.45) is 62.3 Å². The van der Waals surface area contributed by atoms with Crippen molar-refractivity contribution in [3.63, 3.8) is 0 Å². The van der Waals surface area contributed by atoms with Crippen LogP contribution in [-0.4, -0.2) is 79.8 Å². The van der Waals surface area contributed by atoms with Crippen molar-refractivity contribution in [1.29, 1.82) is 0 Å². The number of hydrogen-bond acceptors (Lipinski definition) is 18. The fraction of sp³-hybridized carbons (Fsp3) is 0.540. The molecule has 4 fully saturated rings. The van der Waals surface area contributed by atoms with E-state index < -0.39 is 92.3 Å². The van der Waals surface area contributed by atoms with Crippen molar-refractivity contribution in [3.05, 3.63) is 133 Å². The lowest BCUT2D eigenvalue weighted by Gasteiger charge is -2.66. The molecule has 0 amide bonds. The third kappa shape index (κ3) is 9.88. The molecule has 5 aromatic rings. The van der Waals surface area contributed by atoms with E-state index in [-0.39, 0.29) is 82.6 Å². The summed E-state index contributed by atoms with van der Waals surface area (Å²) in [4.78, 5) is 75.2. The van der Waals surface area contributed by atoms with Crippen LogP contribution < -0.4 is 20.7 Å². The zero-order valence-electron chi connectivity index (χ0n) is 48.5. The number of aromatic nitrogens is 2. The summed E-state index contributed by atoms with van der Waals surface area (Å²) in [6, 6.07) is 16.2. The van der Waals surface area contributed by atoms with E-state index in [4.69, 9.17) is 38.0 Å². The van der Waals surface area contributed by atoms with E-state index in [1.165, 1.54) is 38.1 Å². The maximum absolute atomic E-state index is 13.7. The van der Waals surface area contributed by atoms with E-state index in [1.54, 1.807) is 61.2 Å². The smallest absolute Gasteiger partial charge is 0.345 e. The molecule has 4 saturated carbocycles. The first-order chi connectivity index (χ1) is 39.2. The van der Waals surface area contributed by atoms with E-state index in [0.717, 1.165) is 19.3 Å². The van der Waals surface area contributed by atoms with Crippen molar-refractivity contribution >= 4 is 23.6 Å². The Hall–Kier alpha value is -7.38. The first-order valence-electron chi connectivity index (χ1n) is 28.5. The Morgan fingerprint density at radius 2 is 1.14 bits per heavy atom. The number of pyridine rings is 2. The van der Waals surface area contributed by atoms with Gasteiger partial charge in [0.25, 0.3) is 0 Å². The first kappa shape index (κ1) is 58.8. The molecule has 11 rings (SSSR count). The van der Waals surface area contributed by atoms with Gasteiger partial charge in [0.15, 0.2) is 0 Å². The van der Waals surface area contributed by atoms with Crippen LogP contribution in [0.4, 0.5) is 5.69 Å². The third-order valence-electron chi connectivity index (χ3n) is 20.9. The summed E-state index contributed by atoms with van der Waals surface area (Å²) in [5.74, 6) is -1.63. The van der Waals surface area contributed by atoms with Gasteiger partial charge in [-0.2, -0.15) is 0 Å². The monoisotopic (exact) mass is 1140 g/mol. The second kappa shape index (κ2) is 21.7. The SMILES string of the molecule is CC(=O)OCC1(C)C2C[C@H](O)[C@@]3(C)Oc4cc(-c5cccnc5)oc(=O)c4[C@H](O)C3[C@@]2(C)CC[C@@H]1C.CC(=O)OCC1(C)C2C[C@H](OC(=O)c3ccc(N=[N+]=[N-])cc3)[C@@]3(C)Oc4cc(-c5cccnc5)oc(=O)c4[C@H](O)C3[C@@]2(C)CC[C@@H]1C. The molecular weight excluding hydrogens is 1070 g/mol. The van der Waals surface area contributed by atoms with E-state index in [9.17, 15) is 39.3 Å². The molecule has 6 unspecified atom stereocenters. The van der Waals surface area contributed by atoms with Crippen LogP contribution >= 0.6 is 0 Å². The summed E-state index contributed by atoms with van der Waals surface area (Å²) in [6.45, 7) is 19.5. The van der Waals surface area contributed by atoms with Gasteiger partial charge in [-0.3, -0.25) is 19.6 Å². The number of aliphatic hydroxyl groups excluding tert-OH is 3. The minimum Gasteiger partial charge on any atom is -0.484 e. The molecule has 0 bridgehead atoms. The Bertz CT molecular complexity index is 3480. The number of aliphatic hydroxyl groups is 3. The predicted molar refractivity (Wildman–Crippen MR) is 301 cm³/mol. The largest absolute Gasteiger partial charge is 0.484 e. The highest BCUT2D eigenvalue weighted by Crippen LogP contribution is 2.70. The van der Waals surface area contributed by atoms with E-state index in [0.29, 0.717) is 36.1 Å². The van der Waals surface area contributed by atoms with Crippen LogP contribution in [-0.2, 0) is 23.8 Å². The second-order valence-corrected chi connectivity index (χ2v) is 25.4. The van der Waals surface area contributed by atoms with Crippen LogP contribution in [0.5, 0.6) is 11.5 Å². The van der Waals surface area contributed by atoms with Gasteiger partial charge >= 0.3 is 29.2 Å². The van der Waals surface area contributed by atoms with E-state index in [2.05, 4.69) is 61.5 Å². The average Bonchev–Trinajstić information content (AvgIpc) is 0.990. The lowest BCUT2D eigenvalue weighted by molar-refractivity contribution is -0.257. The Balaban J connectivity index is 0.000000192. The van der Waals surface area contributed by atoms with Crippen LogP contribution in [0.3, 0.4) is 0 Å². The minimum atomic E-state index is -1.31. The molecule has 2 aliphatic heterocycles. The zero-order chi connectivity index (χ0) is 59.8. The van der Waals surface area contributed by atoms with E-state index in [1.807, 2.05) is 13.8 Å². The number of fused-ring (bicyclic) bond motifs is 8. The number of rotatable bonds is 9. The van der Waals surface area contributed by atoms with Gasteiger partial charge in [0, 0.05) is 95.2 Å². The summed E-state index contributed by atoms with van der Waals surface area (Å²) >= 11 is 0. The molecule has 4 aliphatic carbocycles. The zero-order valence-corrected chi connectivity index (χ0v) is 48.5. The van der Waals surface area contributed by atoms with Crippen molar-refractivity contribution in [3.8, 4) is 34.1 Å². The molecule has 4 aromatic heterocycles. The molecule has 6 aliphatic rings. The quantitative estimate of drug-likeness (QED) is 0.0406. The van der Waals surface area contributed by atoms with Gasteiger partial charge in [-0.15, -0.1) is 0 Å². The molecule has 16 atom stereocenters. The number of ether oxygens (including phenoxy) is 5. The summed E-state index contributed by atoms with van der Waals surface area (Å²) in [5.41, 5.74) is 4.78. The second-order valence-electron chi connectivity index (χ2n) is 25.4. The summed E-state index contributed by atoms with van der Waals surface area (Å²) in [5, 5.41) is 39.2. The molecule has 20 nitrogen and oxygen atoms in total. The average molecular weight is 1140 g/mol. The van der Waals surface area contributed by atoms with Crippen LogP contribution in [0.1, 0.15) is 141 Å². The number of carbonyl (C=O) groups is 3. The van der Waals surface area contributed by atoms with Crippen molar-refractivity contribution in [2.45, 2.75) is 143 Å². The molecule has 6 heterocycles. The van der Waals surface area contributed by atoms with Gasteiger partial charge in [0.1, 0.15) is 51.5 Å². The summed E-state index contributed by atoms with van der Waals surface area (Å²) in [7, 11) is 0. The van der Waals surface area contributed by atoms with Crippen LogP contribution in [0, 0.1) is 57.2 Å². The number of benzene rings is 1. The Labute approximate surface area is 480 Å². The van der Waals surface area contributed by atoms with Crippen LogP contribution in [0.25, 0.3) is 33.1 Å². The van der Waals surface area contributed by atoms with Gasteiger partial charge in [0.2, 0.25) is 0 Å². The highest BCUT2D eigenvalue weighted by molar-refractivity contribution is 5.90.